The third-order valence-electron chi connectivity index (χ3n) is 9.00. The summed E-state index contributed by atoms with van der Waals surface area (Å²) in [6, 6.07) is 10.9. The van der Waals surface area contributed by atoms with Crippen molar-refractivity contribution < 1.29 is 48.4 Å². The van der Waals surface area contributed by atoms with Crippen LogP contribution < -0.4 is 31.1 Å². The number of allylic oxidation sites excluding steroid dienone is 1. The number of amides is 2. The largest absolute Gasteiger partial charge is 0.456 e. The molecular formula is C38H41N3O11S3. The number of fused-ring (bicyclic) bond motifs is 2. The van der Waals surface area contributed by atoms with Gasteiger partial charge in [-0.05, 0) is 79.8 Å². The molecule has 0 aliphatic carbocycles. The van der Waals surface area contributed by atoms with Crippen LogP contribution in [-0.2, 0) is 30.4 Å². The minimum Gasteiger partial charge on any atom is -0.456 e. The van der Waals surface area contributed by atoms with Crippen molar-refractivity contribution in [3.63, 3.8) is 0 Å². The van der Waals surface area contributed by atoms with Crippen molar-refractivity contribution in [3.05, 3.63) is 105 Å². The summed E-state index contributed by atoms with van der Waals surface area (Å²) >= 11 is 0. The van der Waals surface area contributed by atoms with E-state index < -0.39 is 51.1 Å². The molecule has 17 heteroatoms. The van der Waals surface area contributed by atoms with E-state index in [1.54, 1.807) is 26.8 Å². The number of hydrogen-bond donors (Lipinski definition) is 6. The van der Waals surface area contributed by atoms with E-state index >= 15 is 0 Å². The van der Waals surface area contributed by atoms with Crippen molar-refractivity contribution >= 4 is 65.6 Å². The van der Waals surface area contributed by atoms with E-state index in [1.165, 1.54) is 30.3 Å². The molecule has 4 aromatic carbocycles. The predicted octanol–water partition coefficient (Wildman–Crippen LogP) is 6.12. The number of anilines is 3. The summed E-state index contributed by atoms with van der Waals surface area (Å²) < 4.78 is 113. The zero-order valence-electron chi connectivity index (χ0n) is 30.6. The molecule has 14 nitrogen and oxygen atoms in total. The van der Waals surface area contributed by atoms with Gasteiger partial charge in [-0.15, -0.1) is 0 Å². The van der Waals surface area contributed by atoms with Gasteiger partial charge < -0.3 is 20.7 Å². The summed E-state index contributed by atoms with van der Waals surface area (Å²) in [4.78, 5) is 11.1. The van der Waals surface area contributed by atoms with Crippen molar-refractivity contribution in [2.24, 2.45) is 0 Å². The van der Waals surface area contributed by atoms with Crippen LogP contribution in [-0.4, -0.2) is 51.5 Å². The third kappa shape index (κ3) is 8.77. The van der Waals surface area contributed by atoms with Gasteiger partial charge in [-0.1, -0.05) is 62.8 Å². The molecule has 6 N–H and O–H groups in total. The van der Waals surface area contributed by atoms with E-state index in [2.05, 4.69) is 35.5 Å². The van der Waals surface area contributed by atoms with Gasteiger partial charge in [0.25, 0.3) is 30.4 Å². The molecule has 55 heavy (non-hydrogen) atoms. The van der Waals surface area contributed by atoms with E-state index in [1.807, 2.05) is 6.92 Å². The summed E-state index contributed by atoms with van der Waals surface area (Å²) in [6.45, 7) is 13.4. The molecule has 0 saturated carbocycles. The van der Waals surface area contributed by atoms with Crippen LogP contribution in [0.25, 0.3) is 12.2 Å². The Kier molecular flexibility index (Phi) is 11.7. The van der Waals surface area contributed by atoms with Crippen molar-refractivity contribution in [2.45, 2.75) is 68.6 Å². The maximum Gasteiger partial charge on any atom is 0.319 e. The highest BCUT2D eigenvalue weighted by atomic mass is 32.2. The lowest BCUT2D eigenvalue weighted by Crippen LogP contribution is -2.31. The molecule has 0 radical (unpaired) electrons. The van der Waals surface area contributed by atoms with E-state index in [0.717, 1.165) is 48.6 Å². The lowest BCUT2D eigenvalue weighted by atomic mass is 9.92. The molecule has 1 heterocycles. The molecule has 1 aliphatic rings. The average Bonchev–Trinajstić information content (AvgIpc) is 3.08. The van der Waals surface area contributed by atoms with Crippen LogP contribution in [0, 0.1) is 20.8 Å². The van der Waals surface area contributed by atoms with Gasteiger partial charge in [0.05, 0.1) is 11.4 Å². The second-order valence-electron chi connectivity index (χ2n) is 13.0. The van der Waals surface area contributed by atoms with E-state index in [-0.39, 0.29) is 44.3 Å². The Balaban J connectivity index is 1.71. The molecule has 0 aromatic heterocycles. The van der Waals surface area contributed by atoms with Gasteiger partial charge in [-0.25, -0.2) is 4.79 Å². The lowest BCUT2D eigenvalue weighted by Gasteiger charge is -2.25. The molecule has 1 aliphatic heterocycles. The fourth-order valence-corrected chi connectivity index (χ4v) is 8.66. The standard InChI is InChI=1S/C38H41N3O11S3/c1-7-11-25(12-8-2)20-39-38(42)41-37-23(5)15-22(4)36(24(37)6)40-29-19-31-28(18-34(29)55(49,50)51)35(26-13-9-10-14-32(26)53(43,44)45)27-17-33(54(46,47)48)21(3)16-30(27)52-31/h9-11,13-19,40H,3,7-8,12,20H2,1-2,4-6H3,(H2,39,41,42)(H,43,44,45)(H,46,47,48)(H,49,50,51)/b25-11-. The van der Waals surface area contributed by atoms with Gasteiger partial charge in [-0.2, -0.15) is 25.3 Å². The topological polar surface area (TPSA) is 225 Å². The van der Waals surface area contributed by atoms with Crippen molar-refractivity contribution in [3.8, 4) is 11.5 Å². The minimum absolute atomic E-state index is 0.0494. The molecule has 0 bridgehead atoms. The van der Waals surface area contributed by atoms with Crippen LogP contribution in [0.2, 0.25) is 0 Å². The Labute approximate surface area is 319 Å². The van der Waals surface area contributed by atoms with Crippen LogP contribution in [0.15, 0.2) is 80.9 Å². The number of ether oxygens (including phenoxy) is 1. The highest BCUT2D eigenvalue weighted by Crippen LogP contribution is 2.44. The van der Waals surface area contributed by atoms with Gasteiger partial charge in [0.1, 0.15) is 26.2 Å². The molecule has 0 saturated heterocycles. The second kappa shape index (κ2) is 15.6. The monoisotopic (exact) mass is 811 g/mol. The molecule has 0 unspecified atom stereocenters. The molecule has 5 rings (SSSR count). The first-order valence-corrected chi connectivity index (χ1v) is 21.3. The van der Waals surface area contributed by atoms with Crippen LogP contribution in [0.3, 0.4) is 0 Å². The Morgan fingerprint density at radius 1 is 0.782 bits per heavy atom. The van der Waals surface area contributed by atoms with Crippen LogP contribution >= 0.6 is 0 Å². The van der Waals surface area contributed by atoms with Crippen molar-refractivity contribution in [2.75, 3.05) is 17.2 Å². The Hall–Kier alpha value is -5.04. The number of rotatable bonds is 12. The van der Waals surface area contributed by atoms with Crippen molar-refractivity contribution in [1.29, 1.82) is 0 Å². The molecule has 2 amide bonds. The van der Waals surface area contributed by atoms with Gasteiger partial charge in [0.15, 0.2) is 0 Å². The summed E-state index contributed by atoms with van der Waals surface area (Å²) in [5, 5.41) is 8.58. The first kappa shape index (κ1) is 41.1. The van der Waals surface area contributed by atoms with E-state index in [4.69, 9.17) is 4.74 Å². The molecule has 0 fully saturated rings. The minimum atomic E-state index is -5.06. The van der Waals surface area contributed by atoms with E-state index in [0.29, 0.717) is 29.0 Å². The van der Waals surface area contributed by atoms with Crippen molar-refractivity contribution in [1.82, 2.24) is 5.32 Å². The third-order valence-corrected chi connectivity index (χ3v) is 11.7. The maximum absolute atomic E-state index is 13.1. The smallest absolute Gasteiger partial charge is 0.319 e. The number of hydrogen-bond acceptors (Lipinski definition) is 9. The summed E-state index contributed by atoms with van der Waals surface area (Å²) in [5.41, 5.74) is 3.27. The first-order valence-electron chi connectivity index (χ1n) is 17.0. The highest BCUT2D eigenvalue weighted by molar-refractivity contribution is 7.86. The average molecular weight is 812 g/mol. The Morgan fingerprint density at radius 3 is 2.04 bits per heavy atom. The normalized spacial score (nSPS) is 13.1. The Morgan fingerprint density at radius 2 is 1.42 bits per heavy atom. The zero-order chi connectivity index (χ0) is 40.6. The second-order valence-corrected chi connectivity index (χ2v) is 17.2. The van der Waals surface area contributed by atoms with Crippen LogP contribution in [0.1, 0.15) is 60.9 Å². The van der Waals surface area contributed by atoms with Gasteiger partial charge in [0.2, 0.25) is 0 Å². The molecule has 0 atom stereocenters. The maximum atomic E-state index is 13.1. The van der Waals surface area contributed by atoms with Crippen LogP contribution in [0.4, 0.5) is 21.9 Å². The summed E-state index contributed by atoms with van der Waals surface area (Å²) in [5.74, 6) is -0.114. The predicted molar refractivity (Wildman–Crippen MR) is 209 cm³/mol. The summed E-state index contributed by atoms with van der Waals surface area (Å²) in [7, 11) is -14.9. The number of nitrogens with one attached hydrogen (secondary N) is 3. The fraction of sp³-hybridized carbons (Fsp3) is 0.237. The van der Waals surface area contributed by atoms with Crippen LogP contribution in [0.5, 0.6) is 11.5 Å². The molecule has 0 spiro atoms. The number of benzene rings is 4. The fourth-order valence-electron chi connectivity index (χ4n) is 6.65. The number of carbonyl (C=O) groups is 1. The molecule has 4 aromatic rings. The molecular weight excluding hydrogens is 771 g/mol. The van der Waals surface area contributed by atoms with Gasteiger partial charge in [-0.3, -0.25) is 13.7 Å². The lowest BCUT2D eigenvalue weighted by molar-refractivity contribution is 0.252. The number of carbonyl (C=O) groups excluding carboxylic acids is 1. The SMILES string of the molecule is C=c1cc2c(cc1S(=O)(=O)O)=C(c1ccccc1S(=O)(=O)O)c1cc(S(=O)(=O)O)c(Nc3c(C)cc(C)c(NC(=O)NC/C(=C\CC)CCC)c3C)cc1O2. The van der Waals surface area contributed by atoms with Gasteiger partial charge >= 0.3 is 6.03 Å². The van der Waals surface area contributed by atoms with E-state index in [9.17, 15) is 43.7 Å². The summed E-state index contributed by atoms with van der Waals surface area (Å²) in [6.07, 6.45) is 4.67. The Bertz CT molecular complexity index is 2730. The number of urea groups is 1. The molecule has 292 valence electrons. The zero-order valence-corrected chi connectivity index (χ0v) is 33.1. The quantitative estimate of drug-likeness (QED) is 0.0620. The number of aryl methyl sites for hydroxylation is 2. The van der Waals surface area contributed by atoms with Gasteiger partial charge in [0, 0.05) is 40.2 Å². The first-order chi connectivity index (χ1) is 25.6. The highest BCUT2D eigenvalue weighted by Gasteiger charge is 2.30.